The fourth-order valence-electron chi connectivity index (χ4n) is 3.60. The van der Waals surface area contributed by atoms with Crippen LogP contribution in [0.4, 0.5) is 0 Å². The lowest BCUT2D eigenvalue weighted by molar-refractivity contribution is -0.143. The van der Waals surface area contributed by atoms with Crippen molar-refractivity contribution >= 4 is 29.7 Å². The maximum Gasteiger partial charge on any atom is 0.326 e. The average Bonchev–Trinajstić information content (AvgIpc) is 3.54. The Labute approximate surface area is 218 Å². The van der Waals surface area contributed by atoms with Crippen molar-refractivity contribution in [2.75, 3.05) is 0 Å². The van der Waals surface area contributed by atoms with E-state index in [9.17, 15) is 29.1 Å². The third-order valence-corrected chi connectivity index (χ3v) is 5.54. The number of imidazole rings is 2. The number of aliphatic carboxylic acids is 2. The molecule has 9 N–H and O–H groups in total. The number of nitrogens with one attached hydrogen (secondary N) is 5. The highest BCUT2D eigenvalue weighted by Crippen LogP contribution is 2.09. The van der Waals surface area contributed by atoms with Gasteiger partial charge in [-0.15, -0.1) is 0 Å². The van der Waals surface area contributed by atoms with Crippen molar-refractivity contribution in [3.8, 4) is 0 Å². The average molecular weight is 535 g/mol. The van der Waals surface area contributed by atoms with Crippen LogP contribution in [-0.2, 0) is 36.8 Å². The summed E-state index contributed by atoms with van der Waals surface area (Å²) >= 11 is 0. The molecule has 0 aliphatic rings. The number of H-pyrrole nitrogens is 2. The number of hydrogen-bond donors (Lipinski definition) is 8. The van der Waals surface area contributed by atoms with Crippen molar-refractivity contribution in [2.24, 2.45) is 11.7 Å². The molecule has 38 heavy (non-hydrogen) atoms. The van der Waals surface area contributed by atoms with Crippen LogP contribution in [0, 0.1) is 5.92 Å². The predicted molar refractivity (Wildman–Crippen MR) is 132 cm³/mol. The first-order valence-corrected chi connectivity index (χ1v) is 12.0. The second-order valence-electron chi connectivity index (χ2n) is 9.25. The van der Waals surface area contributed by atoms with Crippen molar-refractivity contribution in [1.82, 2.24) is 35.9 Å². The molecule has 0 fully saturated rings. The van der Waals surface area contributed by atoms with Gasteiger partial charge in [-0.05, 0) is 18.8 Å². The first kappa shape index (κ1) is 30.0. The van der Waals surface area contributed by atoms with Gasteiger partial charge in [0, 0.05) is 43.0 Å². The van der Waals surface area contributed by atoms with Gasteiger partial charge in [-0.1, -0.05) is 13.8 Å². The molecule has 4 atom stereocenters. The largest absolute Gasteiger partial charge is 0.481 e. The fourth-order valence-corrected chi connectivity index (χ4v) is 3.60. The van der Waals surface area contributed by atoms with Gasteiger partial charge in [0.05, 0.1) is 18.7 Å². The zero-order valence-electron chi connectivity index (χ0n) is 21.1. The molecule has 208 valence electrons. The van der Waals surface area contributed by atoms with Crippen LogP contribution in [0.1, 0.15) is 44.5 Å². The molecule has 0 aromatic carbocycles. The van der Waals surface area contributed by atoms with Gasteiger partial charge in [0.1, 0.15) is 18.1 Å². The second kappa shape index (κ2) is 14.5. The Morgan fingerprint density at radius 1 is 0.842 bits per heavy atom. The van der Waals surface area contributed by atoms with Crippen molar-refractivity contribution in [3.05, 3.63) is 36.4 Å². The number of aromatic nitrogens is 4. The lowest BCUT2D eigenvalue weighted by Gasteiger charge is -2.26. The summed E-state index contributed by atoms with van der Waals surface area (Å²) in [5.74, 6) is -4.77. The van der Waals surface area contributed by atoms with Crippen molar-refractivity contribution < 1.29 is 34.2 Å². The van der Waals surface area contributed by atoms with Gasteiger partial charge in [0.15, 0.2) is 0 Å². The maximum absolute atomic E-state index is 13.3. The third kappa shape index (κ3) is 10.0. The molecule has 3 amide bonds. The van der Waals surface area contributed by atoms with E-state index in [1.165, 1.54) is 25.0 Å². The second-order valence-corrected chi connectivity index (χ2v) is 9.25. The van der Waals surface area contributed by atoms with Crippen LogP contribution in [0.15, 0.2) is 25.0 Å². The van der Waals surface area contributed by atoms with E-state index in [1.54, 1.807) is 0 Å². The van der Waals surface area contributed by atoms with Crippen LogP contribution in [0.5, 0.6) is 0 Å². The Bertz CT molecular complexity index is 1070. The summed E-state index contributed by atoms with van der Waals surface area (Å²) < 4.78 is 0. The summed E-state index contributed by atoms with van der Waals surface area (Å²) in [6.45, 7) is 3.62. The number of nitrogens with two attached hydrogens (primary N) is 1. The Kier molecular flexibility index (Phi) is 11.4. The standard InChI is InChI=1S/C23H34N8O7/c1-12(2)5-17(21(35)29-16(23(37)38)3-4-19(32)33)31-22(36)18(7-14-9-26-11-28-14)30-20(34)15(24)6-13-8-25-10-27-13/h8-12,15-18H,3-7,24H2,1-2H3,(H,25,27)(H,26,28)(H,29,35)(H,30,34)(H,31,36)(H,32,33)(H,37,38). The van der Waals surface area contributed by atoms with Crippen LogP contribution >= 0.6 is 0 Å². The molecule has 0 saturated carbocycles. The smallest absolute Gasteiger partial charge is 0.326 e. The van der Waals surface area contributed by atoms with Gasteiger partial charge >= 0.3 is 11.9 Å². The van der Waals surface area contributed by atoms with E-state index >= 15 is 0 Å². The fraction of sp³-hybridized carbons (Fsp3) is 0.522. The summed E-state index contributed by atoms with van der Waals surface area (Å²) in [7, 11) is 0. The van der Waals surface area contributed by atoms with Crippen LogP contribution in [0.3, 0.4) is 0 Å². The predicted octanol–water partition coefficient (Wildman–Crippen LogP) is -1.30. The Balaban J connectivity index is 2.15. The summed E-state index contributed by atoms with van der Waals surface area (Å²) in [6.07, 6.45) is 5.40. The van der Waals surface area contributed by atoms with E-state index < -0.39 is 60.2 Å². The van der Waals surface area contributed by atoms with Crippen LogP contribution < -0.4 is 21.7 Å². The third-order valence-electron chi connectivity index (χ3n) is 5.54. The topological polar surface area (TPSA) is 245 Å². The first-order valence-electron chi connectivity index (χ1n) is 12.0. The molecule has 0 bridgehead atoms. The van der Waals surface area contributed by atoms with Gasteiger partial charge in [-0.25, -0.2) is 14.8 Å². The lowest BCUT2D eigenvalue weighted by atomic mass is 10.0. The zero-order valence-corrected chi connectivity index (χ0v) is 21.1. The molecule has 2 aromatic rings. The highest BCUT2D eigenvalue weighted by Gasteiger charge is 2.31. The molecule has 2 heterocycles. The van der Waals surface area contributed by atoms with Crippen LogP contribution in [-0.4, -0.2) is 84.0 Å². The minimum absolute atomic E-state index is 0.0146. The molecule has 15 heteroatoms. The zero-order chi connectivity index (χ0) is 28.2. The maximum atomic E-state index is 13.3. The van der Waals surface area contributed by atoms with Gasteiger partial charge in [-0.2, -0.15) is 0 Å². The number of nitrogens with zero attached hydrogens (tertiary/aromatic N) is 2. The number of rotatable bonds is 16. The minimum Gasteiger partial charge on any atom is -0.481 e. The molecule has 0 saturated heterocycles. The summed E-state index contributed by atoms with van der Waals surface area (Å²) in [4.78, 5) is 74.9. The van der Waals surface area contributed by atoms with E-state index in [0.29, 0.717) is 11.4 Å². The van der Waals surface area contributed by atoms with Gasteiger partial charge in [0.2, 0.25) is 17.7 Å². The monoisotopic (exact) mass is 534 g/mol. The molecule has 4 unspecified atom stereocenters. The van der Waals surface area contributed by atoms with Gasteiger partial charge in [-0.3, -0.25) is 19.2 Å². The number of hydrogen-bond acceptors (Lipinski definition) is 8. The van der Waals surface area contributed by atoms with Gasteiger partial charge < -0.3 is 41.9 Å². The number of carboxylic acid groups (broad SMARTS) is 2. The summed E-state index contributed by atoms with van der Waals surface area (Å²) in [6, 6.07) is -4.73. The van der Waals surface area contributed by atoms with Crippen molar-refractivity contribution in [1.29, 1.82) is 0 Å². The summed E-state index contributed by atoms with van der Waals surface area (Å²) in [5, 5.41) is 25.7. The molecular formula is C23H34N8O7. The number of carbonyl (C=O) groups excluding carboxylic acids is 3. The lowest BCUT2D eigenvalue weighted by Crippen LogP contribution is -2.58. The van der Waals surface area contributed by atoms with E-state index in [-0.39, 0.29) is 31.6 Å². The molecule has 0 spiro atoms. The molecule has 2 rings (SSSR count). The van der Waals surface area contributed by atoms with E-state index in [4.69, 9.17) is 10.8 Å². The Morgan fingerprint density at radius 3 is 1.87 bits per heavy atom. The molecule has 0 aliphatic carbocycles. The van der Waals surface area contributed by atoms with Gasteiger partial charge in [0.25, 0.3) is 0 Å². The highest BCUT2D eigenvalue weighted by atomic mass is 16.4. The number of carboxylic acids is 2. The molecule has 0 aliphatic heterocycles. The quantitative estimate of drug-likeness (QED) is 0.126. The molecular weight excluding hydrogens is 500 g/mol. The SMILES string of the molecule is CC(C)CC(NC(=O)C(Cc1cnc[nH]1)NC(=O)C(N)Cc1cnc[nH]1)C(=O)NC(CCC(=O)O)C(=O)O. The molecule has 0 radical (unpaired) electrons. The Hall–Kier alpha value is -4.27. The Morgan fingerprint density at radius 2 is 1.37 bits per heavy atom. The molecule has 2 aromatic heterocycles. The van der Waals surface area contributed by atoms with Crippen molar-refractivity contribution in [2.45, 2.75) is 70.1 Å². The number of aromatic amines is 2. The highest BCUT2D eigenvalue weighted by molar-refractivity contribution is 5.94. The first-order chi connectivity index (χ1) is 18.0. The summed E-state index contributed by atoms with van der Waals surface area (Å²) in [5.41, 5.74) is 7.18. The van der Waals surface area contributed by atoms with E-state index in [2.05, 4.69) is 35.9 Å². The normalized spacial score (nSPS) is 14.2. The van der Waals surface area contributed by atoms with Crippen molar-refractivity contribution in [3.63, 3.8) is 0 Å². The van der Waals surface area contributed by atoms with Crippen LogP contribution in [0.25, 0.3) is 0 Å². The molecule has 15 nitrogen and oxygen atoms in total. The van der Waals surface area contributed by atoms with E-state index in [0.717, 1.165) is 0 Å². The number of amides is 3. The van der Waals surface area contributed by atoms with E-state index in [1.807, 2.05) is 13.8 Å². The van der Waals surface area contributed by atoms with Crippen LogP contribution in [0.2, 0.25) is 0 Å². The minimum atomic E-state index is -1.45. The number of carbonyl (C=O) groups is 5.